The summed E-state index contributed by atoms with van der Waals surface area (Å²) in [7, 11) is 0. The first-order chi connectivity index (χ1) is 11.9. The molecule has 25 heavy (non-hydrogen) atoms. The average molecular weight is 367 g/mol. The van der Waals surface area contributed by atoms with Gasteiger partial charge in [-0.2, -0.15) is 13.2 Å². The van der Waals surface area contributed by atoms with Gasteiger partial charge in [0, 0.05) is 43.5 Å². The van der Waals surface area contributed by atoms with Crippen LogP contribution in [0.2, 0.25) is 0 Å². The Kier molecular flexibility index (Phi) is 4.04. The zero-order valence-corrected chi connectivity index (χ0v) is 14.1. The van der Waals surface area contributed by atoms with Crippen LogP contribution in [0.1, 0.15) is 21.6 Å². The van der Waals surface area contributed by atoms with Crippen molar-refractivity contribution in [3.63, 3.8) is 0 Å². The maximum absolute atomic E-state index is 12.6. The summed E-state index contributed by atoms with van der Waals surface area (Å²) in [5.74, 6) is 0.405. The number of amides is 1. The summed E-state index contributed by atoms with van der Waals surface area (Å²) >= 11 is 1.40. The molecule has 4 rings (SSSR count). The first kappa shape index (κ1) is 16.5. The van der Waals surface area contributed by atoms with Crippen molar-refractivity contribution in [3.05, 3.63) is 52.0 Å². The molecule has 0 radical (unpaired) electrons. The van der Waals surface area contributed by atoms with Gasteiger partial charge < -0.3 is 4.90 Å². The fourth-order valence-corrected chi connectivity index (χ4v) is 4.13. The number of aromatic nitrogens is 1. The molecule has 0 unspecified atom stereocenters. The van der Waals surface area contributed by atoms with Gasteiger partial charge in [-0.1, -0.05) is 12.1 Å². The van der Waals surface area contributed by atoms with Gasteiger partial charge >= 0.3 is 6.18 Å². The van der Waals surface area contributed by atoms with Crippen molar-refractivity contribution >= 4 is 17.2 Å². The van der Waals surface area contributed by atoms with Crippen LogP contribution in [0.15, 0.2) is 35.2 Å². The minimum absolute atomic E-state index is 0.0369. The van der Waals surface area contributed by atoms with E-state index in [-0.39, 0.29) is 11.9 Å². The van der Waals surface area contributed by atoms with Crippen LogP contribution in [-0.2, 0) is 12.7 Å². The molecule has 1 amide bonds. The largest absolute Gasteiger partial charge is 0.416 e. The van der Waals surface area contributed by atoms with E-state index in [0.717, 1.165) is 30.8 Å². The Morgan fingerprint density at radius 1 is 1.20 bits per heavy atom. The Labute approximate surface area is 146 Å². The number of carbonyl (C=O) groups is 1. The monoisotopic (exact) mass is 367 g/mol. The Morgan fingerprint density at radius 3 is 2.60 bits per heavy atom. The zero-order valence-electron chi connectivity index (χ0n) is 13.2. The highest BCUT2D eigenvalue weighted by atomic mass is 32.1. The van der Waals surface area contributed by atoms with Crippen molar-refractivity contribution in [2.24, 2.45) is 5.92 Å². The highest BCUT2D eigenvalue weighted by molar-refractivity contribution is 7.07. The zero-order chi connectivity index (χ0) is 17.6. The second kappa shape index (κ2) is 6.10. The van der Waals surface area contributed by atoms with Crippen LogP contribution in [0.3, 0.4) is 0 Å². The minimum atomic E-state index is -4.30. The lowest BCUT2D eigenvalue weighted by Crippen LogP contribution is -2.54. The molecule has 1 aromatic carbocycles. The Balaban J connectivity index is 1.37. The number of benzene rings is 1. The summed E-state index contributed by atoms with van der Waals surface area (Å²) in [6, 6.07) is 5.59. The van der Waals surface area contributed by atoms with E-state index in [9.17, 15) is 18.0 Å². The van der Waals surface area contributed by atoms with Crippen molar-refractivity contribution in [2.75, 3.05) is 19.6 Å². The van der Waals surface area contributed by atoms with E-state index < -0.39 is 11.7 Å². The third-order valence-electron chi connectivity index (χ3n) is 4.95. The van der Waals surface area contributed by atoms with E-state index in [0.29, 0.717) is 24.7 Å². The van der Waals surface area contributed by atoms with Crippen LogP contribution < -0.4 is 0 Å². The number of alkyl halides is 3. The van der Waals surface area contributed by atoms with Gasteiger partial charge in [-0.3, -0.25) is 9.69 Å². The number of carbonyl (C=O) groups excluding carboxylic acids is 1. The van der Waals surface area contributed by atoms with Crippen LogP contribution in [0.4, 0.5) is 13.2 Å². The smallest absolute Gasteiger partial charge is 0.335 e. The first-order valence-corrected chi connectivity index (χ1v) is 8.94. The number of hydrogen-bond acceptors (Lipinski definition) is 4. The molecule has 2 saturated heterocycles. The van der Waals surface area contributed by atoms with Gasteiger partial charge in [-0.15, -0.1) is 11.3 Å². The van der Waals surface area contributed by atoms with E-state index in [4.69, 9.17) is 0 Å². The van der Waals surface area contributed by atoms with Crippen molar-refractivity contribution in [1.82, 2.24) is 14.8 Å². The van der Waals surface area contributed by atoms with Gasteiger partial charge in [0.2, 0.25) is 0 Å². The molecule has 132 valence electrons. The van der Waals surface area contributed by atoms with Gasteiger partial charge in [0.25, 0.3) is 5.91 Å². The van der Waals surface area contributed by atoms with Crippen LogP contribution in [0, 0.1) is 5.92 Å². The highest BCUT2D eigenvalue weighted by Crippen LogP contribution is 2.35. The highest BCUT2D eigenvalue weighted by Gasteiger charge is 2.46. The SMILES string of the molecule is O=C(c1cscn1)N1C[C@@H]2CN(Cc3ccc(C(F)(F)F)cc3)[C@@H]2C1. The number of rotatable bonds is 3. The van der Waals surface area contributed by atoms with Crippen LogP contribution in [0.5, 0.6) is 0 Å². The lowest BCUT2D eigenvalue weighted by molar-refractivity contribution is -0.137. The van der Waals surface area contributed by atoms with E-state index >= 15 is 0 Å². The fourth-order valence-electron chi connectivity index (χ4n) is 3.61. The predicted molar refractivity (Wildman–Crippen MR) is 87.1 cm³/mol. The van der Waals surface area contributed by atoms with E-state index in [1.54, 1.807) is 10.9 Å². The number of nitrogens with zero attached hydrogens (tertiary/aromatic N) is 3. The van der Waals surface area contributed by atoms with Crippen molar-refractivity contribution < 1.29 is 18.0 Å². The molecule has 4 nitrogen and oxygen atoms in total. The molecule has 0 aliphatic carbocycles. The molecule has 0 spiro atoms. The van der Waals surface area contributed by atoms with Gasteiger partial charge in [-0.25, -0.2) is 4.98 Å². The predicted octanol–water partition coefficient (Wildman–Crippen LogP) is 3.12. The quantitative estimate of drug-likeness (QED) is 0.836. The molecule has 2 aliphatic heterocycles. The Bertz CT molecular complexity index is 760. The second-order valence-corrected chi connectivity index (χ2v) is 7.25. The first-order valence-electron chi connectivity index (χ1n) is 7.99. The minimum Gasteiger partial charge on any atom is -0.335 e. The summed E-state index contributed by atoms with van der Waals surface area (Å²) in [6.45, 7) is 2.86. The van der Waals surface area contributed by atoms with Gasteiger partial charge in [-0.05, 0) is 17.7 Å². The molecular formula is C17H16F3N3OS. The number of likely N-dealkylation sites (tertiary alicyclic amines) is 2. The second-order valence-electron chi connectivity index (χ2n) is 6.54. The third-order valence-corrected chi connectivity index (χ3v) is 5.54. The molecule has 0 N–H and O–H groups in total. The molecule has 8 heteroatoms. The number of hydrogen-bond donors (Lipinski definition) is 0. The maximum atomic E-state index is 12.6. The molecule has 2 atom stereocenters. The van der Waals surface area contributed by atoms with E-state index in [2.05, 4.69) is 9.88 Å². The molecule has 0 bridgehead atoms. The molecule has 2 aliphatic rings. The lowest BCUT2D eigenvalue weighted by atomic mass is 9.91. The van der Waals surface area contributed by atoms with Crippen LogP contribution in [0.25, 0.3) is 0 Å². The average Bonchev–Trinajstić information content (AvgIpc) is 3.20. The summed E-state index contributed by atoms with van der Waals surface area (Å²) in [5.41, 5.74) is 2.37. The van der Waals surface area contributed by atoms with Crippen molar-refractivity contribution in [1.29, 1.82) is 0 Å². The molecule has 1 aromatic heterocycles. The van der Waals surface area contributed by atoms with Crippen molar-refractivity contribution in [2.45, 2.75) is 18.8 Å². The summed E-state index contributed by atoms with van der Waals surface area (Å²) < 4.78 is 37.9. The molecule has 2 aromatic rings. The summed E-state index contributed by atoms with van der Waals surface area (Å²) in [4.78, 5) is 20.5. The molecule has 2 fully saturated rings. The maximum Gasteiger partial charge on any atom is 0.416 e. The Morgan fingerprint density at radius 2 is 1.96 bits per heavy atom. The number of halogens is 3. The molecular weight excluding hydrogens is 351 g/mol. The number of thiazole rings is 1. The van der Waals surface area contributed by atoms with Gasteiger partial charge in [0.15, 0.2) is 0 Å². The Hall–Kier alpha value is -1.93. The van der Waals surface area contributed by atoms with E-state index in [1.807, 2.05) is 4.90 Å². The van der Waals surface area contributed by atoms with Gasteiger partial charge in [0.05, 0.1) is 11.1 Å². The molecule has 0 saturated carbocycles. The topological polar surface area (TPSA) is 36.4 Å². The standard InChI is InChI=1S/C17H16F3N3OS/c18-17(19,20)13-3-1-11(2-4-13)5-22-6-12-7-23(8-15(12)22)16(24)14-9-25-10-21-14/h1-4,9-10,12,15H,5-8H2/t12-,15+/m0/s1. The van der Waals surface area contributed by atoms with Gasteiger partial charge in [0.1, 0.15) is 5.69 Å². The van der Waals surface area contributed by atoms with E-state index in [1.165, 1.54) is 23.5 Å². The van der Waals surface area contributed by atoms with Crippen molar-refractivity contribution in [3.8, 4) is 0 Å². The molecule has 3 heterocycles. The van der Waals surface area contributed by atoms with Crippen LogP contribution >= 0.6 is 11.3 Å². The normalized spacial score (nSPS) is 23.4. The summed E-state index contributed by atoms with van der Waals surface area (Å²) in [5, 5.41) is 1.75. The van der Waals surface area contributed by atoms with Crippen LogP contribution in [-0.4, -0.2) is 46.4 Å². The fraction of sp³-hybridized carbons (Fsp3) is 0.412. The number of fused-ring (bicyclic) bond motifs is 1. The summed E-state index contributed by atoms with van der Waals surface area (Å²) in [6.07, 6.45) is -4.30. The third kappa shape index (κ3) is 3.16. The lowest BCUT2D eigenvalue weighted by Gasteiger charge is -2.43.